The van der Waals surface area contributed by atoms with Gasteiger partial charge < -0.3 is 15.8 Å². The number of benzene rings is 1. The van der Waals surface area contributed by atoms with Gasteiger partial charge in [0.1, 0.15) is 0 Å². The molecule has 7 heteroatoms. The van der Waals surface area contributed by atoms with Crippen molar-refractivity contribution in [2.75, 3.05) is 32.1 Å². The predicted octanol–water partition coefficient (Wildman–Crippen LogP) is 4.51. The maximum atomic E-state index is 12.6. The molecule has 0 bridgehead atoms. The first-order valence-corrected chi connectivity index (χ1v) is 12.2. The van der Waals surface area contributed by atoms with E-state index in [0.717, 1.165) is 4.90 Å². The van der Waals surface area contributed by atoms with Crippen LogP contribution in [0.15, 0.2) is 47.6 Å². The van der Waals surface area contributed by atoms with Crippen LogP contribution in [0.25, 0.3) is 0 Å². The fraction of sp³-hybridized carbons (Fsp3) is 0.500. The zero-order valence-corrected chi connectivity index (χ0v) is 21.3. The maximum Gasteiger partial charge on any atom is 0.252 e. The van der Waals surface area contributed by atoms with Crippen molar-refractivity contribution in [3.05, 3.63) is 59.4 Å². The summed E-state index contributed by atoms with van der Waals surface area (Å²) in [7, 11) is 0. The smallest absolute Gasteiger partial charge is 0.252 e. The first kappa shape index (κ1) is 27.0. The number of ketones is 1. The van der Waals surface area contributed by atoms with Crippen molar-refractivity contribution >= 4 is 23.5 Å². The summed E-state index contributed by atoms with van der Waals surface area (Å²) in [5, 5.41) is 2.94. The molecule has 1 aromatic carbocycles. The van der Waals surface area contributed by atoms with E-state index in [-0.39, 0.29) is 22.5 Å². The van der Waals surface area contributed by atoms with Gasteiger partial charge in [0, 0.05) is 52.4 Å². The quantitative estimate of drug-likeness (QED) is 0.330. The zero-order chi connectivity index (χ0) is 24.5. The molecular weight excluding hydrogens is 434 g/mol. The number of ether oxygens (including phenoxy) is 1. The number of hydrogen-bond donors (Lipinski definition) is 2. The van der Waals surface area contributed by atoms with Gasteiger partial charge in [-0.15, -0.1) is 11.8 Å². The highest BCUT2D eigenvalue weighted by molar-refractivity contribution is 7.99. The Balaban J connectivity index is 1.83. The zero-order valence-electron chi connectivity index (χ0n) is 20.4. The number of hydrogen-bond acceptors (Lipinski definition) is 6. The molecule has 1 aromatic heterocycles. The van der Waals surface area contributed by atoms with E-state index in [9.17, 15) is 9.59 Å². The Bertz CT molecular complexity index is 927. The van der Waals surface area contributed by atoms with Gasteiger partial charge in [-0.25, -0.2) is 0 Å². The topological polar surface area (TPSA) is 94.3 Å². The van der Waals surface area contributed by atoms with E-state index < -0.39 is 0 Å². The van der Waals surface area contributed by atoms with E-state index in [0.29, 0.717) is 49.6 Å². The van der Waals surface area contributed by atoms with Crippen LogP contribution in [0.4, 0.5) is 0 Å². The second kappa shape index (κ2) is 12.3. The molecule has 180 valence electrons. The number of thioether (sulfide) groups is 1. The number of carbonyl (C=O) groups excluding carboxylic acids is 2. The highest BCUT2D eigenvalue weighted by atomic mass is 32.2. The van der Waals surface area contributed by atoms with Gasteiger partial charge in [-0.3, -0.25) is 14.6 Å². The molecule has 3 N–H and O–H groups in total. The molecule has 0 aliphatic carbocycles. The molecule has 0 unspecified atom stereocenters. The number of pyridine rings is 1. The lowest BCUT2D eigenvalue weighted by atomic mass is 9.93. The van der Waals surface area contributed by atoms with Crippen molar-refractivity contribution in [2.45, 2.75) is 45.9 Å². The molecule has 0 atom stereocenters. The number of rotatable bonds is 13. The van der Waals surface area contributed by atoms with Crippen molar-refractivity contribution in [2.24, 2.45) is 16.6 Å². The Morgan fingerprint density at radius 2 is 1.67 bits per heavy atom. The Hall–Kier alpha value is -2.22. The summed E-state index contributed by atoms with van der Waals surface area (Å²) in [6.07, 6.45) is 3.39. The molecule has 0 aliphatic heterocycles. The number of carbonyl (C=O) groups is 2. The third-order valence-electron chi connectivity index (χ3n) is 5.21. The Kier molecular flexibility index (Phi) is 10.1. The van der Waals surface area contributed by atoms with Crippen molar-refractivity contribution < 1.29 is 14.3 Å². The minimum absolute atomic E-state index is 0.0204. The average molecular weight is 472 g/mol. The van der Waals surface area contributed by atoms with Crippen LogP contribution in [-0.2, 0) is 4.74 Å². The van der Waals surface area contributed by atoms with Gasteiger partial charge in [-0.2, -0.15) is 0 Å². The Morgan fingerprint density at radius 3 is 2.33 bits per heavy atom. The highest BCUT2D eigenvalue weighted by Crippen LogP contribution is 2.21. The predicted molar refractivity (Wildman–Crippen MR) is 135 cm³/mol. The monoisotopic (exact) mass is 471 g/mol. The van der Waals surface area contributed by atoms with Gasteiger partial charge >= 0.3 is 0 Å². The molecule has 6 nitrogen and oxygen atoms in total. The van der Waals surface area contributed by atoms with E-state index in [1.807, 2.05) is 20.8 Å². The van der Waals surface area contributed by atoms with E-state index >= 15 is 0 Å². The molecule has 0 spiro atoms. The summed E-state index contributed by atoms with van der Waals surface area (Å²) in [5.41, 5.74) is 7.48. The van der Waals surface area contributed by atoms with Gasteiger partial charge in [0.25, 0.3) is 5.91 Å². The molecule has 2 aromatic rings. The van der Waals surface area contributed by atoms with Crippen LogP contribution in [0.3, 0.4) is 0 Å². The molecule has 0 aliphatic rings. The Labute approximate surface area is 202 Å². The third kappa shape index (κ3) is 9.66. The van der Waals surface area contributed by atoms with E-state index in [2.05, 4.69) is 48.4 Å². The molecule has 0 radical (unpaired) electrons. The van der Waals surface area contributed by atoms with Crippen LogP contribution in [0.5, 0.6) is 0 Å². The second-order valence-electron chi connectivity index (χ2n) is 10.0. The first-order valence-electron chi connectivity index (χ1n) is 11.3. The SMILES string of the molecule is Cc1ccc(SCCC(=O)c2cncc(C(=O)NCC(C)(C)COCC(C)(C)CN)c2)cc1. The lowest BCUT2D eigenvalue weighted by Gasteiger charge is -2.28. The number of aryl methyl sites for hydroxylation is 1. The third-order valence-corrected chi connectivity index (χ3v) is 6.22. The number of amides is 1. The van der Waals surface area contributed by atoms with Crippen LogP contribution >= 0.6 is 11.8 Å². The molecule has 0 saturated heterocycles. The molecular formula is C26H37N3O3S. The summed E-state index contributed by atoms with van der Waals surface area (Å²) < 4.78 is 5.83. The summed E-state index contributed by atoms with van der Waals surface area (Å²) in [6, 6.07) is 9.86. The number of nitrogens with one attached hydrogen (secondary N) is 1. The summed E-state index contributed by atoms with van der Waals surface area (Å²) >= 11 is 1.64. The van der Waals surface area contributed by atoms with Crippen molar-refractivity contribution in [3.63, 3.8) is 0 Å². The van der Waals surface area contributed by atoms with E-state index in [1.165, 1.54) is 18.0 Å². The molecule has 33 heavy (non-hydrogen) atoms. The average Bonchev–Trinajstić information content (AvgIpc) is 2.78. The van der Waals surface area contributed by atoms with Crippen LogP contribution in [0.1, 0.15) is 60.4 Å². The number of nitrogens with zero attached hydrogens (tertiary/aromatic N) is 1. The van der Waals surface area contributed by atoms with Crippen LogP contribution in [0, 0.1) is 17.8 Å². The van der Waals surface area contributed by atoms with Crippen molar-refractivity contribution in [3.8, 4) is 0 Å². The maximum absolute atomic E-state index is 12.6. The van der Waals surface area contributed by atoms with Gasteiger partial charge in [0.05, 0.1) is 18.8 Å². The lowest BCUT2D eigenvalue weighted by Crippen LogP contribution is -2.38. The largest absolute Gasteiger partial charge is 0.380 e. The minimum atomic E-state index is -0.249. The van der Waals surface area contributed by atoms with Crippen LogP contribution < -0.4 is 11.1 Å². The molecule has 0 fully saturated rings. The first-order chi connectivity index (χ1) is 15.5. The standard InChI is InChI=1S/C26H37N3O3S/c1-19-6-8-22(9-7-19)33-11-10-23(30)20-12-21(14-28-13-20)24(31)29-16-26(4,5)18-32-17-25(2,3)15-27/h6-9,12-14H,10-11,15-18,27H2,1-5H3,(H,29,31). The van der Waals surface area contributed by atoms with Crippen LogP contribution in [0.2, 0.25) is 0 Å². The van der Waals surface area contributed by atoms with Crippen molar-refractivity contribution in [1.82, 2.24) is 10.3 Å². The number of Topliss-reactive ketones (excluding diaryl/α,β-unsaturated/α-hetero) is 1. The summed E-state index contributed by atoms with van der Waals surface area (Å²) in [4.78, 5) is 30.5. The molecule has 1 amide bonds. The number of nitrogens with two attached hydrogens (primary N) is 1. The normalized spacial score (nSPS) is 11.9. The van der Waals surface area contributed by atoms with E-state index in [1.54, 1.807) is 17.8 Å². The fourth-order valence-corrected chi connectivity index (χ4v) is 3.74. The van der Waals surface area contributed by atoms with Crippen LogP contribution in [-0.4, -0.2) is 48.7 Å². The Morgan fingerprint density at radius 1 is 1.03 bits per heavy atom. The molecule has 2 rings (SSSR count). The minimum Gasteiger partial charge on any atom is -0.380 e. The highest BCUT2D eigenvalue weighted by Gasteiger charge is 2.23. The molecule has 1 heterocycles. The van der Waals surface area contributed by atoms with Gasteiger partial charge in [0.15, 0.2) is 5.78 Å². The van der Waals surface area contributed by atoms with Gasteiger partial charge in [-0.05, 0) is 31.7 Å². The summed E-state index contributed by atoms with van der Waals surface area (Å²) in [5.74, 6) is 0.405. The van der Waals surface area contributed by atoms with Gasteiger partial charge in [0.2, 0.25) is 0 Å². The molecule has 0 saturated carbocycles. The number of aromatic nitrogens is 1. The fourth-order valence-electron chi connectivity index (χ4n) is 2.89. The van der Waals surface area contributed by atoms with Gasteiger partial charge in [-0.1, -0.05) is 45.4 Å². The lowest BCUT2D eigenvalue weighted by molar-refractivity contribution is 0.0183. The van der Waals surface area contributed by atoms with Crippen molar-refractivity contribution in [1.29, 1.82) is 0 Å². The summed E-state index contributed by atoms with van der Waals surface area (Å²) in [6.45, 7) is 12.3. The van der Waals surface area contributed by atoms with E-state index in [4.69, 9.17) is 10.5 Å². The second-order valence-corrected chi connectivity index (χ2v) is 11.2.